The Hall–Kier alpha value is -1.49. The van der Waals surface area contributed by atoms with Gasteiger partial charge in [0.1, 0.15) is 0 Å². The van der Waals surface area contributed by atoms with Gasteiger partial charge < -0.3 is 4.74 Å². The Balaban J connectivity index is 2.27. The maximum Gasteiger partial charge on any atom is 0.222 e. The van der Waals surface area contributed by atoms with E-state index in [1.165, 1.54) is 30.3 Å². The van der Waals surface area contributed by atoms with Gasteiger partial charge in [-0.15, -0.1) is 0 Å². The molecule has 0 fully saturated rings. The first-order valence-electron chi connectivity index (χ1n) is 4.40. The van der Waals surface area contributed by atoms with Crippen molar-refractivity contribution in [2.75, 3.05) is 0 Å². The van der Waals surface area contributed by atoms with Crippen LogP contribution in [-0.2, 0) is 0 Å². The highest BCUT2D eigenvalue weighted by Gasteiger charge is 2.06. The minimum Gasteiger partial charge on any atom is -0.436 e. The van der Waals surface area contributed by atoms with Crippen molar-refractivity contribution in [3.8, 4) is 11.6 Å². The zero-order valence-electron chi connectivity index (χ0n) is 7.95. The Bertz CT molecular complexity index is 519. The van der Waals surface area contributed by atoms with Crippen LogP contribution in [0.15, 0.2) is 40.9 Å². The second-order valence-corrected chi connectivity index (χ2v) is 3.89. The Labute approximate surface area is 99.0 Å². The standard InChI is InChI=1S/C11H6BrF2NO/c12-7-4-5-9(8(13)6-7)16-11-3-1-2-10(14)15-11/h1-6H. The Morgan fingerprint density at radius 3 is 2.62 bits per heavy atom. The zero-order chi connectivity index (χ0) is 11.5. The van der Waals surface area contributed by atoms with E-state index >= 15 is 0 Å². The minimum atomic E-state index is -0.671. The van der Waals surface area contributed by atoms with E-state index in [-0.39, 0.29) is 11.6 Å². The van der Waals surface area contributed by atoms with E-state index in [4.69, 9.17) is 4.74 Å². The lowest BCUT2D eigenvalue weighted by atomic mass is 10.3. The molecule has 0 radical (unpaired) electrons. The van der Waals surface area contributed by atoms with Gasteiger partial charge in [-0.05, 0) is 24.3 Å². The summed E-state index contributed by atoms with van der Waals surface area (Å²) in [5.74, 6) is -1.20. The quantitative estimate of drug-likeness (QED) is 0.781. The highest BCUT2D eigenvalue weighted by atomic mass is 79.9. The fourth-order valence-electron chi connectivity index (χ4n) is 1.12. The van der Waals surface area contributed by atoms with Gasteiger partial charge in [0, 0.05) is 10.5 Å². The SMILES string of the molecule is Fc1cccc(Oc2ccc(Br)cc2F)n1. The van der Waals surface area contributed by atoms with E-state index in [0.717, 1.165) is 0 Å². The minimum absolute atomic E-state index is 0.00120. The third kappa shape index (κ3) is 2.55. The summed E-state index contributed by atoms with van der Waals surface area (Å²) >= 11 is 3.12. The number of hydrogen-bond acceptors (Lipinski definition) is 2. The molecule has 1 aromatic heterocycles. The lowest BCUT2D eigenvalue weighted by Crippen LogP contribution is -1.92. The average Bonchev–Trinajstić information content (AvgIpc) is 2.22. The van der Waals surface area contributed by atoms with Crippen LogP contribution in [0.5, 0.6) is 11.6 Å². The lowest BCUT2D eigenvalue weighted by molar-refractivity contribution is 0.416. The molecule has 0 aliphatic carbocycles. The van der Waals surface area contributed by atoms with E-state index in [0.29, 0.717) is 4.47 Å². The normalized spacial score (nSPS) is 10.2. The van der Waals surface area contributed by atoms with Crippen molar-refractivity contribution >= 4 is 15.9 Å². The second kappa shape index (κ2) is 4.57. The maximum atomic E-state index is 13.4. The third-order valence-corrected chi connectivity index (χ3v) is 2.29. The molecular formula is C11H6BrF2NO. The Morgan fingerprint density at radius 1 is 1.12 bits per heavy atom. The monoisotopic (exact) mass is 285 g/mol. The van der Waals surface area contributed by atoms with Crippen LogP contribution < -0.4 is 4.74 Å². The molecule has 1 aromatic carbocycles. The molecule has 0 aliphatic rings. The number of benzene rings is 1. The summed E-state index contributed by atoms with van der Waals surface area (Å²) in [4.78, 5) is 3.46. The molecule has 2 rings (SSSR count). The molecular weight excluding hydrogens is 280 g/mol. The first-order valence-corrected chi connectivity index (χ1v) is 5.20. The Kier molecular flexibility index (Phi) is 3.14. The number of halogens is 3. The summed E-state index contributed by atoms with van der Waals surface area (Å²) in [6.45, 7) is 0. The van der Waals surface area contributed by atoms with Crippen molar-refractivity contribution < 1.29 is 13.5 Å². The third-order valence-electron chi connectivity index (χ3n) is 1.80. The van der Waals surface area contributed by atoms with Crippen LogP contribution >= 0.6 is 15.9 Å². The van der Waals surface area contributed by atoms with Crippen LogP contribution in [0.25, 0.3) is 0 Å². The van der Waals surface area contributed by atoms with E-state index in [2.05, 4.69) is 20.9 Å². The van der Waals surface area contributed by atoms with Crippen molar-refractivity contribution in [3.05, 3.63) is 52.6 Å². The molecule has 2 nitrogen and oxygen atoms in total. The van der Waals surface area contributed by atoms with E-state index < -0.39 is 11.8 Å². The van der Waals surface area contributed by atoms with Crippen molar-refractivity contribution in [3.63, 3.8) is 0 Å². The van der Waals surface area contributed by atoms with Gasteiger partial charge in [0.25, 0.3) is 0 Å². The van der Waals surface area contributed by atoms with Gasteiger partial charge in [0.05, 0.1) is 0 Å². The molecule has 0 unspecified atom stereocenters. The summed E-state index contributed by atoms with van der Waals surface area (Å²) in [5, 5.41) is 0. The summed E-state index contributed by atoms with van der Waals surface area (Å²) in [5.41, 5.74) is 0. The van der Waals surface area contributed by atoms with Gasteiger partial charge in [0.2, 0.25) is 11.8 Å². The maximum absolute atomic E-state index is 13.4. The summed E-state index contributed by atoms with van der Waals surface area (Å²) < 4.78 is 31.8. The van der Waals surface area contributed by atoms with Gasteiger partial charge in [-0.1, -0.05) is 22.0 Å². The molecule has 0 atom stereocenters. The topological polar surface area (TPSA) is 22.1 Å². The van der Waals surface area contributed by atoms with Crippen molar-refractivity contribution in [1.29, 1.82) is 0 Å². The van der Waals surface area contributed by atoms with Crippen molar-refractivity contribution in [2.45, 2.75) is 0 Å². The smallest absolute Gasteiger partial charge is 0.222 e. The van der Waals surface area contributed by atoms with Crippen LogP contribution in [0.1, 0.15) is 0 Å². The average molecular weight is 286 g/mol. The number of rotatable bonds is 2. The molecule has 2 aromatic rings. The van der Waals surface area contributed by atoms with E-state index in [1.807, 2.05) is 0 Å². The summed E-state index contributed by atoms with van der Waals surface area (Å²) in [6, 6.07) is 8.39. The number of pyridine rings is 1. The predicted octanol–water partition coefficient (Wildman–Crippen LogP) is 3.91. The molecule has 0 bridgehead atoms. The fraction of sp³-hybridized carbons (Fsp3) is 0. The molecule has 16 heavy (non-hydrogen) atoms. The van der Waals surface area contributed by atoms with Crippen LogP contribution in [0.3, 0.4) is 0 Å². The molecule has 0 aliphatic heterocycles. The molecule has 0 amide bonds. The molecule has 0 N–H and O–H groups in total. The van der Waals surface area contributed by atoms with Crippen molar-refractivity contribution in [2.24, 2.45) is 0 Å². The first kappa shape index (κ1) is 11.0. The first-order chi connectivity index (χ1) is 7.65. The van der Waals surface area contributed by atoms with Gasteiger partial charge in [-0.2, -0.15) is 9.37 Å². The van der Waals surface area contributed by atoms with Crippen LogP contribution in [0.2, 0.25) is 0 Å². The highest BCUT2D eigenvalue weighted by Crippen LogP contribution is 2.25. The molecule has 1 heterocycles. The van der Waals surface area contributed by atoms with Gasteiger partial charge >= 0.3 is 0 Å². The number of ether oxygens (including phenoxy) is 1. The highest BCUT2D eigenvalue weighted by molar-refractivity contribution is 9.10. The summed E-state index contributed by atoms with van der Waals surface area (Å²) in [7, 11) is 0. The van der Waals surface area contributed by atoms with Crippen molar-refractivity contribution in [1.82, 2.24) is 4.98 Å². The van der Waals surface area contributed by atoms with Crippen LogP contribution in [0, 0.1) is 11.8 Å². The molecule has 0 saturated heterocycles. The molecule has 0 saturated carbocycles. The van der Waals surface area contributed by atoms with Gasteiger partial charge in [-0.3, -0.25) is 0 Å². The largest absolute Gasteiger partial charge is 0.436 e. The van der Waals surface area contributed by atoms with Gasteiger partial charge in [0.15, 0.2) is 11.6 Å². The van der Waals surface area contributed by atoms with E-state index in [1.54, 1.807) is 6.07 Å². The zero-order valence-corrected chi connectivity index (χ0v) is 9.54. The number of hydrogen-bond donors (Lipinski definition) is 0. The van der Waals surface area contributed by atoms with E-state index in [9.17, 15) is 8.78 Å². The second-order valence-electron chi connectivity index (χ2n) is 2.98. The van der Waals surface area contributed by atoms with Crippen LogP contribution in [-0.4, -0.2) is 4.98 Å². The number of aromatic nitrogens is 1. The van der Waals surface area contributed by atoms with Gasteiger partial charge in [-0.25, -0.2) is 4.39 Å². The molecule has 5 heteroatoms. The molecule has 82 valence electrons. The molecule has 0 spiro atoms. The Morgan fingerprint density at radius 2 is 1.94 bits per heavy atom. The number of nitrogens with zero attached hydrogens (tertiary/aromatic N) is 1. The summed E-state index contributed by atoms with van der Waals surface area (Å²) in [6.07, 6.45) is 0. The predicted molar refractivity (Wildman–Crippen MR) is 58.4 cm³/mol. The lowest BCUT2D eigenvalue weighted by Gasteiger charge is -2.05. The van der Waals surface area contributed by atoms with Crippen LogP contribution in [0.4, 0.5) is 8.78 Å². The fourth-order valence-corrected chi connectivity index (χ4v) is 1.45.